The Morgan fingerprint density at radius 1 is 0.774 bits per heavy atom. The van der Waals surface area contributed by atoms with Crippen molar-refractivity contribution in [2.45, 2.75) is 26.7 Å². The van der Waals surface area contributed by atoms with Gasteiger partial charge in [-0.25, -0.2) is 0 Å². The third kappa shape index (κ3) is 6.68. The molecule has 0 radical (unpaired) electrons. The van der Waals surface area contributed by atoms with Crippen LogP contribution < -0.4 is 9.47 Å². The van der Waals surface area contributed by atoms with Gasteiger partial charge in [0.1, 0.15) is 21.5 Å². The smallest absolute Gasteiger partial charge is 0.291 e. The molecule has 0 aromatic heterocycles. The molecular weight excluding hydrogens is 451 g/mol. The van der Waals surface area contributed by atoms with Gasteiger partial charge in [0, 0.05) is 0 Å². The summed E-state index contributed by atoms with van der Waals surface area (Å²) in [6.07, 6.45) is 0.874. The van der Waals surface area contributed by atoms with E-state index in [0.29, 0.717) is 61.9 Å². The fraction of sp³-hybridized carbons (Fsp3) is 0.400. The van der Waals surface area contributed by atoms with Crippen LogP contribution in [-0.2, 0) is 17.6 Å². The van der Waals surface area contributed by atoms with E-state index in [1.807, 2.05) is 0 Å². The lowest BCUT2D eigenvalue weighted by atomic mass is 10.1. The van der Waals surface area contributed by atoms with E-state index in [1.165, 1.54) is 24.3 Å². The second kappa shape index (κ2) is 11.7. The molecule has 0 bridgehead atoms. The topological polar surface area (TPSA) is 114 Å². The maximum absolute atomic E-state index is 11.1. The molecule has 2 aromatic carbocycles. The van der Waals surface area contributed by atoms with Gasteiger partial charge in [0.05, 0.1) is 48.4 Å². The molecule has 0 unspecified atom stereocenters. The van der Waals surface area contributed by atoms with Crippen molar-refractivity contribution >= 4 is 34.6 Å². The first kappa shape index (κ1) is 24.6. The Morgan fingerprint density at radius 3 is 1.48 bits per heavy atom. The maximum atomic E-state index is 11.1. The van der Waals surface area contributed by atoms with E-state index in [4.69, 9.17) is 37.4 Å². The molecule has 168 valence electrons. The van der Waals surface area contributed by atoms with Gasteiger partial charge in [0.25, 0.3) is 11.4 Å². The SMILES string of the molecule is CCOc1cc([N+](=O)[O-])c(Cl)cc1CCOCCc1cc(Cl)c([N+](=O)[O-])cc1OCC. The summed E-state index contributed by atoms with van der Waals surface area (Å²) in [5, 5.41) is 22.2. The van der Waals surface area contributed by atoms with E-state index in [-0.39, 0.29) is 21.4 Å². The molecule has 0 saturated carbocycles. The van der Waals surface area contributed by atoms with E-state index in [2.05, 4.69) is 0 Å². The summed E-state index contributed by atoms with van der Waals surface area (Å²) in [5.41, 5.74) is 0.971. The van der Waals surface area contributed by atoms with Gasteiger partial charge in [-0.3, -0.25) is 20.2 Å². The first-order valence-electron chi connectivity index (χ1n) is 9.55. The summed E-state index contributed by atoms with van der Waals surface area (Å²) in [6.45, 7) is 4.91. The van der Waals surface area contributed by atoms with E-state index in [0.717, 1.165) is 0 Å². The van der Waals surface area contributed by atoms with Gasteiger partial charge in [0.2, 0.25) is 0 Å². The van der Waals surface area contributed by atoms with Crippen LogP contribution in [0.15, 0.2) is 24.3 Å². The molecule has 0 aliphatic rings. The van der Waals surface area contributed by atoms with Crippen LogP contribution in [0.2, 0.25) is 10.0 Å². The Balaban J connectivity index is 2.01. The third-order valence-corrected chi connectivity index (χ3v) is 4.89. The van der Waals surface area contributed by atoms with E-state index < -0.39 is 9.85 Å². The molecule has 31 heavy (non-hydrogen) atoms. The van der Waals surface area contributed by atoms with Crippen LogP contribution in [0.5, 0.6) is 11.5 Å². The van der Waals surface area contributed by atoms with Crippen LogP contribution in [0.25, 0.3) is 0 Å². The monoisotopic (exact) mass is 472 g/mol. The molecule has 11 heteroatoms. The Morgan fingerprint density at radius 2 is 1.16 bits per heavy atom. The molecule has 0 amide bonds. The lowest BCUT2D eigenvalue weighted by Gasteiger charge is -2.13. The minimum Gasteiger partial charge on any atom is -0.493 e. The van der Waals surface area contributed by atoms with Crippen molar-refractivity contribution in [1.29, 1.82) is 0 Å². The second-order valence-corrected chi connectivity index (χ2v) is 7.13. The third-order valence-electron chi connectivity index (χ3n) is 4.28. The van der Waals surface area contributed by atoms with Gasteiger partial charge in [0.15, 0.2) is 0 Å². The molecule has 0 aliphatic carbocycles. The Kier molecular flexibility index (Phi) is 9.29. The van der Waals surface area contributed by atoms with E-state index in [1.54, 1.807) is 13.8 Å². The molecule has 2 aromatic rings. The van der Waals surface area contributed by atoms with Gasteiger partial charge >= 0.3 is 0 Å². The van der Waals surface area contributed by atoms with Crippen molar-refractivity contribution in [3.05, 3.63) is 65.7 Å². The average molecular weight is 473 g/mol. The number of nitro groups is 2. The van der Waals surface area contributed by atoms with Crippen LogP contribution in [0, 0.1) is 20.2 Å². The predicted molar refractivity (Wildman–Crippen MR) is 117 cm³/mol. The normalized spacial score (nSPS) is 10.7. The Labute approximate surface area is 189 Å². The van der Waals surface area contributed by atoms with Crippen molar-refractivity contribution in [2.75, 3.05) is 26.4 Å². The highest BCUT2D eigenvalue weighted by atomic mass is 35.5. The van der Waals surface area contributed by atoms with Gasteiger partial charge < -0.3 is 14.2 Å². The van der Waals surface area contributed by atoms with Crippen molar-refractivity contribution in [2.24, 2.45) is 0 Å². The standard InChI is InChI=1S/C20H22Cl2N2O7/c1-3-30-19-11-17(23(25)26)15(21)9-13(19)5-7-29-8-6-14-10-16(22)18(24(27)28)12-20(14)31-4-2/h9-12H,3-8H2,1-2H3. The number of halogens is 2. The first-order chi connectivity index (χ1) is 14.8. The minimum atomic E-state index is -0.559. The van der Waals surface area contributed by atoms with Crippen molar-refractivity contribution < 1.29 is 24.1 Å². The quantitative estimate of drug-likeness (QED) is 0.230. The molecule has 0 aliphatic heterocycles. The highest BCUT2D eigenvalue weighted by Gasteiger charge is 2.19. The van der Waals surface area contributed by atoms with Crippen LogP contribution in [-0.4, -0.2) is 36.3 Å². The first-order valence-corrected chi connectivity index (χ1v) is 10.3. The molecule has 2 rings (SSSR count). The molecule has 0 spiro atoms. The Bertz CT molecular complexity index is 878. The average Bonchev–Trinajstić information content (AvgIpc) is 2.70. The van der Waals surface area contributed by atoms with Gasteiger partial charge in [-0.15, -0.1) is 0 Å². The van der Waals surface area contributed by atoms with Crippen LogP contribution in [0.3, 0.4) is 0 Å². The van der Waals surface area contributed by atoms with Crippen LogP contribution >= 0.6 is 23.2 Å². The summed E-state index contributed by atoms with van der Waals surface area (Å²) in [7, 11) is 0. The van der Waals surface area contributed by atoms with Gasteiger partial charge in [-0.05, 0) is 49.9 Å². The molecular formula is C20H22Cl2N2O7. The fourth-order valence-electron chi connectivity index (χ4n) is 2.88. The van der Waals surface area contributed by atoms with Crippen LogP contribution in [0.1, 0.15) is 25.0 Å². The molecule has 0 saturated heterocycles. The highest BCUT2D eigenvalue weighted by molar-refractivity contribution is 6.33. The van der Waals surface area contributed by atoms with Crippen molar-refractivity contribution in [3.8, 4) is 11.5 Å². The summed E-state index contributed by atoms with van der Waals surface area (Å²) in [6, 6.07) is 5.65. The lowest BCUT2D eigenvalue weighted by Crippen LogP contribution is -2.07. The van der Waals surface area contributed by atoms with Crippen molar-refractivity contribution in [3.63, 3.8) is 0 Å². The molecule has 0 atom stereocenters. The molecule has 0 heterocycles. The lowest BCUT2D eigenvalue weighted by molar-refractivity contribution is -0.384. The fourth-order valence-corrected chi connectivity index (χ4v) is 3.39. The van der Waals surface area contributed by atoms with Crippen LogP contribution in [0.4, 0.5) is 11.4 Å². The zero-order valence-corrected chi connectivity index (χ0v) is 18.6. The second-order valence-electron chi connectivity index (χ2n) is 6.32. The predicted octanol–water partition coefficient (Wildman–Crippen LogP) is 5.41. The van der Waals surface area contributed by atoms with Crippen molar-refractivity contribution in [1.82, 2.24) is 0 Å². The summed E-state index contributed by atoms with van der Waals surface area (Å²) in [4.78, 5) is 21.0. The number of ether oxygens (including phenoxy) is 3. The number of hydrogen-bond acceptors (Lipinski definition) is 7. The maximum Gasteiger partial charge on any atom is 0.291 e. The van der Waals surface area contributed by atoms with E-state index >= 15 is 0 Å². The highest BCUT2D eigenvalue weighted by Crippen LogP contribution is 2.34. The van der Waals surface area contributed by atoms with E-state index in [9.17, 15) is 20.2 Å². The summed E-state index contributed by atoms with van der Waals surface area (Å²) >= 11 is 12.0. The number of hydrogen-bond donors (Lipinski definition) is 0. The minimum absolute atomic E-state index is 0.0327. The zero-order valence-electron chi connectivity index (χ0n) is 17.1. The molecule has 9 nitrogen and oxygen atoms in total. The van der Waals surface area contributed by atoms with Gasteiger partial charge in [-0.2, -0.15) is 0 Å². The Hall–Kier alpha value is -2.62. The number of nitrogens with zero attached hydrogens (tertiary/aromatic N) is 2. The summed E-state index contributed by atoms with van der Waals surface area (Å²) in [5.74, 6) is 0.783. The number of rotatable bonds is 12. The summed E-state index contributed by atoms with van der Waals surface area (Å²) < 4.78 is 16.7. The largest absolute Gasteiger partial charge is 0.493 e. The van der Waals surface area contributed by atoms with Gasteiger partial charge in [-0.1, -0.05) is 23.2 Å². The molecule has 0 fully saturated rings. The zero-order chi connectivity index (χ0) is 23.0. The molecule has 0 N–H and O–H groups in total. The number of nitro benzene ring substituents is 2. The number of benzene rings is 2.